The summed E-state index contributed by atoms with van der Waals surface area (Å²) in [5.41, 5.74) is 6.82. The molecule has 0 spiro atoms. The molecule has 1 heterocycles. The highest BCUT2D eigenvalue weighted by atomic mass is 16.5. The zero-order chi connectivity index (χ0) is 12.3. The highest BCUT2D eigenvalue weighted by Gasteiger charge is 2.19. The standard InChI is InChI=1S/C11H19N3O2/c1-8(7-16-4)14(3)11(15)10-5-9(12)6-13(10)2/h5-6,8H,7,12H2,1-4H3. The molecule has 1 amide bonds. The molecule has 1 unspecified atom stereocenters. The van der Waals surface area contributed by atoms with Crippen molar-refractivity contribution in [3.63, 3.8) is 0 Å². The molecule has 0 aliphatic carbocycles. The minimum absolute atomic E-state index is 0.0358. The number of aromatic nitrogens is 1. The summed E-state index contributed by atoms with van der Waals surface area (Å²) >= 11 is 0. The number of likely N-dealkylation sites (N-methyl/N-ethyl adjacent to an activating group) is 1. The Kier molecular flexibility index (Phi) is 3.95. The van der Waals surface area contributed by atoms with E-state index in [1.54, 1.807) is 42.9 Å². The van der Waals surface area contributed by atoms with Crippen LogP contribution in [0, 0.1) is 0 Å². The first-order valence-corrected chi connectivity index (χ1v) is 5.15. The van der Waals surface area contributed by atoms with Gasteiger partial charge in [-0.2, -0.15) is 0 Å². The number of anilines is 1. The normalized spacial score (nSPS) is 12.5. The summed E-state index contributed by atoms with van der Waals surface area (Å²) in [4.78, 5) is 13.7. The Hall–Kier alpha value is -1.49. The molecule has 0 radical (unpaired) electrons. The van der Waals surface area contributed by atoms with Crippen LogP contribution in [-0.4, -0.2) is 42.2 Å². The Bertz CT molecular complexity index is 373. The fraction of sp³-hybridized carbons (Fsp3) is 0.545. The first-order valence-electron chi connectivity index (χ1n) is 5.15. The van der Waals surface area contributed by atoms with Gasteiger partial charge in [0.05, 0.1) is 18.3 Å². The second kappa shape index (κ2) is 5.03. The van der Waals surface area contributed by atoms with Gasteiger partial charge in [0, 0.05) is 27.4 Å². The number of aryl methyl sites for hydroxylation is 1. The van der Waals surface area contributed by atoms with Gasteiger partial charge in [0.25, 0.3) is 5.91 Å². The predicted molar refractivity (Wildman–Crippen MR) is 63.3 cm³/mol. The lowest BCUT2D eigenvalue weighted by atomic mass is 10.2. The fourth-order valence-corrected chi connectivity index (χ4v) is 1.54. The zero-order valence-corrected chi connectivity index (χ0v) is 10.2. The molecule has 1 atom stereocenters. The average Bonchev–Trinajstić information content (AvgIpc) is 2.56. The molecular formula is C11H19N3O2. The molecule has 1 aromatic rings. The molecule has 0 saturated carbocycles. The lowest BCUT2D eigenvalue weighted by Crippen LogP contribution is -2.38. The molecule has 1 aromatic heterocycles. The van der Waals surface area contributed by atoms with Gasteiger partial charge in [0.15, 0.2) is 0 Å². The van der Waals surface area contributed by atoms with Gasteiger partial charge in [-0.1, -0.05) is 0 Å². The van der Waals surface area contributed by atoms with Crippen molar-refractivity contribution in [3.8, 4) is 0 Å². The fourth-order valence-electron chi connectivity index (χ4n) is 1.54. The molecule has 0 bridgehead atoms. The van der Waals surface area contributed by atoms with E-state index in [0.29, 0.717) is 18.0 Å². The highest BCUT2D eigenvalue weighted by Crippen LogP contribution is 2.12. The Balaban J connectivity index is 2.81. The summed E-state index contributed by atoms with van der Waals surface area (Å²) in [5.74, 6) is -0.0521. The van der Waals surface area contributed by atoms with Crippen LogP contribution in [0.5, 0.6) is 0 Å². The van der Waals surface area contributed by atoms with Crippen molar-refractivity contribution in [2.24, 2.45) is 7.05 Å². The number of amides is 1. The van der Waals surface area contributed by atoms with Crippen molar-refractivity contribution < 1.29 is 9.53 Å². The molecule has 0 aromatic carbocycles. The molecule has 1 rings (SSSR count). The van der Waals surface area contributed by atoms with Gasteiger partial charge < -0.3 is 19.9 Å². The average molecular weight is 225 g/mol. The van der Waals surface area contributed by atoms with Crippen molar-refractivity contribution in [1.82, 2.24) is 9.47 Å². The molecule has 5 heteroatoms. The van der Waals surface area contributed by atoms with Gasteiger partial charge in [-0.25, -0.2) is 0 Å². The molecule has 0 aliphatic rings. The van der Waals surface area contributed by atoms with Gasteiger partial charge in [0.2, 0.25) is 0 Å². The lowest BCUT2D eigenvalue weighted by Gasteiger charge is -2.24. The minimum Gasteiger partial charge on any atom is -0.397 e. The molecule has 5 nitrogen and oxygen atoms in total. The number of nitrogens with two attached hydrogens (primary N) is 1. The van der Waals surface area contributed by atoms with Crippen LogP contribution in [-0.2, 0) is 11.8 Å². The largest absolute Gasteiger partial charge is 0.397 e. The maximum absolute atomic E-state index is 12.1. The van der Waals surface area contributed by atoms with E-state index >= 15 is 0 Å². The van der Waals surface area contributed by atoms with Gasteiger partial charge in [0.1, 0.15) is 5.69 Å². The van der Waals surface area contributed by atoms with E-state index in [-0.39, 0.29) is 11.9 Å². The SMILES string of the molecule is COCC(C)N(C)C(=O)c1cc(N)cn1C. The summed E-state index contributed by atoms with van der Waals surface area (Å²) in [6.45, 7) is 2.45. The van der Waals surface area contributed by atoms with Crippen LogP contribution in [0.1, 0.15) is 17.4 Å². The number of hydrogen-bond donors (Lipinski definition) is 1. The van der Waals surface area contributed by atoms with Crippen LogP contribution in [0.3, 0.4) is 0 Å². The number of carbonyl (C=O) groups is 1. The van der Waals surface area contributed by atoms with Crippen LogP contribution in [0.2, 0.25) is 0 Å². The number of nitrogens with zero attached hydrogens (tertiary/aromatic N) is 2. The van der Waals surface area contributed by atoms with Crippen molar-refractivity contribution >= 4 is 11.6 Å². The minimum atomic E-state index is -0.0521. The second-order valence-corrected chi connectivity index (χ2v) is 3.99. The highest BCUT2D eigenvalue weighted by molar-refractivity contribution is 5.93. The number of hydrogen-bond acceptors (Lipinski definition) is 3. The molecule has 0 fully saturated rings. The van der Waals surface area contributed by atoms with Gasteiger partial charge >= 0.3 is 0 Å². The smallest absolute Gasteiger partial charge is 0.270 e. The molecule has 90 valence electrons. The molecule has 2 N–H and O–H groups in total. The van der Waals surface area contributed by atoms with E-state index in [9.17, 15) is 4.79 Å². The molecular weight excluding hydrogens is 206 g/mol. The van der Waals surface area contributed by atoms with Gasteiger partial charge in [-0.15, -0.1) is 0 Å². The van der Waals surface area contributed by atoms with Crippen LogP contribution in [0.15, 0.2) is 12.3 Å². The third-order valence-electron chi connectivity index (χ3n) is 2.63. The van der Waals surface area contributed by atoms with E-state index in [0.717, 1.165) is 0 Å². The van der Waals surface area contributed by atoms with Gasteiger partial charge in [-0.3, -0.25) is 4.79 Å². The van der Waals surface area contributed by atoms with Crippen LogP contribution in [0.25, 0.3) is 0 Å². The molecule has 0 saturated heterocycles. The Morgan fingerprint density at radius 1 is 1.69 bits per heavy atom. The maximum Gasteiger partial charge on any atom is 0.270 e. The van der Waals surface area contributed by atoms with Crippen molar-refractivity contribution in [2.45, 2.75) is 13.0 Å². The van der Waals surface area contributed by atoms with Gasteiger partial charge in [-0.05, 0) is 13.0 Å². The van der Waals surface area contributed by atoms with E-state index in [1.165, 1.54) is 0 Å². The zero-order valence-electron chi connectivity index (χ0n) is 10.2. The van der Waals surface area contributed by atoms with Crippen LogP contribution >= 0.6 is 0 Å². The first kappa shape index (κ1) is 12.6. The van der Waals surface area contributed by atoms with E-state index in [4.69, 9.17) is 10.5 Å². The Morgan fingerprint density at radius 2 is 2.31 bits per heavy atom. The van der Waals surface area contributed by atoms with Crippen LogP contribution in [0.4, 0.5) is 5.69 Å². The summed E-state index contributed by atoms with van der Waals surface area (Å²) in [6.07, 6.45) is 1.72. The monoisotopic (exact) mass is 225 g/mol. The third kappa shape index (κ3) is 2.55. The summed E-state index contributed by atoms with van der Waals surface area (Å²) in [6, 6.07) is 1.71. The Morgan fingerprint density at radius 3 is 2.75 bits per heavy atom. The predicted octanol–water partition coefficient (Wildman–Crippen LogP) is 0.714. The third-order valence-corrected chi connectivity index (χ3v) is 2.63. The van der Waals surface area contributed by atoms with E-state index in [1.807, 2.05) is 6.92 Å². The van der Waals surface area contributed by atoms with Crippen molar-refractivity contribution in [1.29, 1.82) is 0 Å². The van der Waals surface area contributed by atoms with E-state index < -0.39 is 0 Å². The second-order valence-electron chi connectivity index (χ2n) is 3.99. The summed E-state index contributed by atoms with van der Waals surface area (Å²) in [5, 5.41) is 0. The number of carbonyl (C=O) groups excluding carboxylic acids is 1. The molecule has 16 heavy (non-hydrogen) atoms. The number of nitrogen functional groups attached to an aromatic ring is 1. The Labute approximate surface area is 95.8 Å². The first-order chi connectivity index (χ1) is 7.47. The maximum atomic E-state index is 12.1. The summed E-state index contributed by atoms with van der Waals surface area (Å²) < 4.78 is 6.75. The number of rotatable bonds is 4. The van der Waals surface area contributed by atoms with Crippen molar-refractivity contribution in [3.05, 3.63) is 18.0 Å². The number of methoxy groups -OCH3 is 1. The molecule has 0 aliphatic heterocycles. The number of ether oxygens (including phenoxy) is 1. The topological polar surface area (TPSA) is 60.5 Å². The quantitative estimate of drug-likeness (QED) is 0.821. The van der Waals surface area contributed by atoms with Crippen LogP contribution < -0.4 is 5.73 Å². The lowest BCUT2D eigenvalue weighted by molar-refractivity contribution is 0.0624. The van der Waals surface area contributed by atoms with Crippen molar-refractivity contribution in [2.75, 3.05) is 26.5 Å². The summed E-state index contributed by atoms with van der Waals surface area (Å²) in [7, 11) is 5.18. The van der Waals surface area contributed by atoms with E-state index in [2.05, 4.69) is 0 Å².